The lowest BCUT2D eigenvalue weighted by Crippen LogP contribution is -2.40. The molecule has 1 fully saturated rings. The third kappa shape index (κ3) is 3.30. The van der Waals surface area contributed by atoms with E-state index in [9.17, 15) is 4.79 Å². The second-order valence-electron chi connectivity index (χ2n) is 5.98. The average molecular weight is 397 g/mol. The number of hydrogen-bond donors (Lipinski definition) is 0. The van der Waals surface area contributed by atoms with E-state index in [4.69, 9.17) is 9.72 Å². The van der Waals surface area contributed by atoms with E-state index >= 15 is 0 Å². The standard InChI is InChI=1S/C20H17BrN2O2/c21-15-7-5-14(6-8-15)19-13-17(16-3-1-2-4-18(16)22-19)20(24)23-9-11-25-12-10-23/h1-8,13H,9-12H2. The Morgan fingerprint density at radius 3 is 2.52 bits per heavy atom. The summed E-state index contributed by atoms with van der Waals surface area (Å²) >= 11 is 3.45. The minimum absolute atomic E-state index is 0.0419. The molecular formula is C20H17BrN2O2. The Hall–Kier alpha value is -2.24. The summed E-state index contributed by atoms with van der Waals surface area (Å²) in [5.74, 6) is 0.0419. The Labute approximate surface area is 154 Å². The maximum absolute atomic E-state index is 13.1. The van der Waals surface area contributed by atoms with Crippen molar-refractivity contribution < 1.29 is 9.53 Å². The summed E-state index contributed by atoms with van der Waals surface area (Å²) in [4.78, 5) is 19.7. The van der Waals surface area contributed by atoms with Crippen LogP contribution in [0.1, 0.15) is 10.4 Å². The van der Waals surface area contributed by atoms with Gasteiger partial charge in [-0.3, -0.25) is 4.79 Å². The van der Waals surface area contributed by atoms with Crippen molar-refractivity contribution in [2.24, 2.45) is 0 Å². The van der Waals surface area contributed by atoms with Crippen molar-refractivity contribution in [3.63, 3.8) is 0 Å². The molecule has 1 aliphatic rings. The van der Waals surface area contributed by atoms with Crippen LogP contribution in [0.4, 0.5) is 0 Å². The number of halogens is 1. The summed E-state index contributed by atoms with van der Waals surface area (Å²) in [6.07, 6.45) is 0. The highest BCUT2D eigenvalue weighted by molar-refractivity contribution is 9.10. The lowest BCUT2D eigenvalue weighted by Gasteiger charge is -2.27. The Bertz CT molecular complexity index is 919. The fraction of sp³-hybridized carbons (Fsp3) is 0.200. The quantitative estimate of drug-likeness (QED) is 0.653. The molecule has 0 aliphatic carbocycles. The highest BCUT2D eigenvalue weighted by atomic mass is 79.9. The third-order valence-electron chi connectivity index (χ3n) is 4.38. The van der Waals surface area contributed by atoms with Crippen LogP contribution in [0.3, 0.4) is 0 Å². The largest absolute Gasteiger partial charge is 0.378 e. The van der Waals surface area contributed by atoms with Crippen molar-refractivity contribution >= 4 is 32.7 Å². The molecule has 2 heterocycles. The zero-order chi connectivity index (χ0) is 17.2. The van der Waals surface area contributed by atoms with E-state index in [1.807, 2.05) is 59.5 Å². The van der Waals surface area contributed by atoms with Crippen molar-refractivity contribution in [2.45, 2.75) is 0 Å². The molecule has 5 heteroatoms. The van der Waals surface area contributed by atoms with Crippen LogP contribution in [0.15, 0.2) is 59.1 Å². The Morgan fingerprint density at radius 2 is 1.76 bits per heavy atom. The number of benzene rings is 2. The van der Waals surface area contributed by atoms with Gasteiger partial charge in [0.25, 0.3) is 5.91 Å². The van der Waals surface area contributed by atoms with Gasteiger partial charge in [-0.15, -0.1) is 0 Å². The number of fused-ring (bicyclic) bond motifs is 1. The molecule has 25 heavy (non-hydrogen) atoms. The molecule has 0 radical (unpaired) electrons. The summed E-state index contributed by atoms with van der Waals surface area (Å²) in [6, 6.07) is 17.7. The molecule has 1 aliphatic heterocycles. The molecule has 1 amide bonds. The van der Waals surface area contributed by atoms with Crippen molar-refractivity contribution in [2.75, 3.05) is 26.3 Å². The van der Waals surface area contributed by atoms with Crippen LogP contribution >= 0.6 is 15.9 Å². The second-order valence-corrected chi connectivity index (χ2v) is 6.90. The topological polar surface area (TPSA) is 42.4 Å². The number of nitrogens with zero attached hydrogens (tertiary/aromatic N) is 2. The molecule has 1 saturated heterocycles. The fourth-order valence-electron chi connectivity index (χ4n) is 3.06. The third-order valence-corrected chi connectivity index (χ3v) is 4.91. The van der Waals surface area contributed by atoms with Crippen LogP contribution < -0.4 is 0 Å². The first-order chi connectivity index (χ1) is 12.2. The van der Waals surface area contributed by atoms with Crippen molar-refractivity contribution in [1.29, 1.82) is 0 Å². The van der Waals surface area contributed by atoms with Gasteiger partial charge in [0.2, 0.25) is 0 Å². The molecule has 126 valence electrons. The highest BCUT2D eigenvalue weighted by Gasteiger charge is 2.21. The second kappa shape index (κ2) is 6.94. The summed E-state index contributed by atoms with van der Waals surface area (Å²) in [5, 5.41) is 0.889. The van der Waals surface area contributed by atoms with Crippen LogP contribution in [-0.4, -0.2) is 42.1 Å². The van der Waals surface area contributed by atoms with E-state index in [1.165, 1.54) is 0 Å². The Morgan fingerprint density at radius 1 is 1.04 bits per heavy atom. The number of para-hydroxylation sites is 1. The fourth-order valence-corrected chi connectivity index (χ4v) is 3.32. The van der Waals surface area contributed by atoms with Gasteiger partial charge in [-0.25, -0.2) is 4.98 Å². The monoisotopic (exact) mass is 396 g/mol. The van der Waals surface area contributed by atoms with E-state index in [-0.39, 0.29) is 5.91 Å². The number of hydrogen-bond acceptors (Lipinski definition) is 3. The molecule has 4 nitrogen and oxygen atoms in total. The molecule has 2 aromatic carbocycles. The van der Waals surface area contributed by atoms with Crippen LogP contribution in [0, 0.1) is 0 Å². The first kappa shape index (κ1) is 16.2. The average Bonchev–Trinajstić information content (AvgIpc) is 2.68. The summed E-state index contributed by atoms with van der Waals surface area (Å²) in [6.45, 7) is 2.44. The lowest BCUT2D eigenvalue weighted by molar-refractivity contribution is 0.0304. The van der Waals surface area contributed by atoms with Crippen molar-refractivity contribution in [3.05, 3.63) is 64.6 Å². The smallest absolute Gasteiger partial charge is 0.254 e. The first-order valence-corrected chi connectivity index (χ1v) is 9.04. The van der Waals surface area contributed by atoms with Gasteiger partial charge in [0.15, 0.2) is 0 Å². The van der Waals surface area contributed by atoms with Crippen molar-refractivity contribution in [3.8, 4) is 11.3 Å². The van der Waals surface area contributed by atoms with Gasteiger partial charge >= 0.3 is 0 Å². The molecule has 0 bridgehead atoms. The van der Waals surface area contributed by atoms with Gasteiger partial charge < -0.3 is 9.64 Å². The SMILES string of the molecule is O=C(c1cc(-c2ccc(Br)cc2)nc2ccccc12)N1CCOCC1. The first-order valence-electron chi connectivity index (χ1n) is 8.25. The predicted octanol–water partition coefficient (Wildman–Crippen LogP) is 4.14. The van der Waals surface area contributed by atoms with E-state index in [0.29, 0.717) is 31.9 Å². The van der Waals surface area contributed by atoms with E-state index < -0.39 is 0 Å². The lowest BCUT2D eigenvalue weighted by atomic mass is 10.0. The van der Waals surface area contributed by atoms with Crippen LogP contribution in [-0.2, 0) is 4.74 Å². The number of ether oxygens (including phenoxy) is 1. The predicted molar refractivity (Wildman–Crippen MR) is 102 cm³/mol. The van der Waals surface area contributed by atoms with Crippen LogP contribution in [0.2, 0.25) is 0 Å². The number of rotatable bonds is 2. The maximum atomic E-state index is 13.1. The summed E-state index contributed by atoms with van der Waals surface area (Å²) < 4.78 is 6.38. The van der Waals surface area contributed by atoms with Gasteiger partial charge in [-0.05, 0) is 24.3 Å². The summed E-state index contributed by atoms with van der Waals surface area (Å²) in [7, 11) is 0. The summed E-state index contributed by atoms with van der Waals surface area (Å²) in [5.41, 5.74) is 3.33. The van der Waals surface area contributed by atoms with Gasteiger partial charge in [0.1, 0.15) is 0 Å². The van der Waals surface area contributed by atoms with Crippen molar-refractivity contribution in [1.82, 2.24) is 9.88 Å². The molecule has 0 saturated carbocycles. The maximum Gasteiger partial charge on any atom is 0.254 e. The molecule has 0 N–H and O–H groups in total. The highest BCUT2D eigenvalue weighted by Crippen LogP contribution is 2.27. The number of morpholine rings is 1. The number of aromatic nitrogens is 1. The Kier molecular flexibility index (Phi) is 4.51. The normalized spacial score (nSPS) is 14.7. The van der Waals surface area contributed by atoms with Gasteiger partial charge in [-0.1, -0.05) is 46.3 Å². The van der Waals surface area contributed by atoms with Gasteiger partial charge in [0.05, 0.1) is 30.0 Å². The molecule has 0 atom stereocenters. The van der Waals surface area contributed by atoms with E-state index in [0.717, 1.165) is 26.6 Å². The molecule has 4 rings (SSSR count). The molecule has 1 aromatic heterocycles. The minimum atomic E-state index is 0.0419. The zero-order valence-corrected chi connectivity index (χ0v) is 15.2. The van der Waals surface area contributed by atoms with Crippen LogP contribution in [0.5, 0.6) is 0 Å². The molecule has 0 spiro atoms. The molecule has 3 aromatic rings. The molecular weight excluding hydrogens is 380 g/mol. The molecule has 0 unspecified atom stereocenters. The Balaban J connectivity index is 1.83. The van der Waals surface area contributed by atoms with Gasteiger partial charge in [0, 0.05) is 28.5 Å². The number of pyridine rings is 1. The minimum Gasteiger partial charge on any atom is -0.378 e. The number of carbonyl (C=O) groups excluding carboxylic acids is 1. The number of carbonyl (C=O) groups is 1. The van der Waals surface area contributed by atoms with Crippen LogP contribution in [0.25, 0.3) is 22.2 Å². The van der Waals surface area contributed by atoms with E-state index in [2.05, 4.69) is 15.9 Å². The number of amides is 1. The zero-order valence-electron chi connectivity index (χ0n) is 13.6. The van der Waals surface area contributed by atoms with Gasteiger partial charge in [-0.2, -0.15) is 0 Å². The van der Waals surface area contributed by atoms with E-state index in [1.54, 1.807) is 0 Å².